The number of aryl methyl sites for hydroxylation is 1. The third-order valence-electron chi connectivity index (χ3n) is 3.88. The van der Waals surface area contributed by atoms with Gasteiger partial charge >= 0.3 is 0 Å². The van der Waals surface area contributed by atoms with E-state index in [9.17, 15) is 9.59 Å². The molecule has 2 N–H and O–H groups in total. The SMILES string of the molecule is Cc1nn(-c2ccccc2)c(Cl)c1C=NNC(=O)CNC(=O)c1ccccc1. The fourth-order valence-electron chi connectivity index (χ4n) is 2.46. The smallest absolute Gasteiger partial charge is 0.259 e. The van der Waals surface area contributed by atoms with E-state index in [-0.39, 0.29) is 12.5 Å². The van der Waals surface area contributed by atoms with Crippen LogP contribution in [0.15, 0.2) is 65.8 Å². The van der Waals surface area contributed by atoms with Gasteiger partial charge in [-0.25, -0.2) is 10.1 Å². The molecule has 7 nitrogen and oxygen atoms in total. The van der Waals surface area contributed by atoms with Crippen molar-refractivity contribution in [3.8, 4) is 5.69 Å². The maximum Gasteiger partial charge on any atom is 0.259 e. The number of rotatable bonds is 6. The molecule has 0 saturated carbocycles. The molecule has 0 radical (unpaired) electrons. The standard InChI is InChI=1S/C20H18ClN5O2/c1-14-17(19(21)26(25-14)16-10-6-3-7-11-16)12-23-24-18(27)13-22-20(28)15-8-4-2-5-9-15/h2-12H,13H2,1H3,(H,22,28)(H,24,27). The predicted octanol–water partition coefficient (Wildman–Crippen LogP) is 2.71. The Kier molecular flexibility index (Phi) is 6.18. The minimum atomic E-state index is -0.454. The zero-order valence-corrected chi connectivity index (χ0v) is 15.8. The first kappa shape index (κ1) is 19.3. The van der Waals surface area contributed by atoms with Gasteiger partial charge in [0.2, 0.25) is 0 Å². The van der Waals surface area contributed by atoms with Gasteiger partial charge in [-0.05, 0) is 31.2 Å². The highest BCUT2D eigenvalue weighted by atomic mass is 35.5. The van der Waals surface area contributed by atoms with Crippen molar-refractivity contribution in [2.24, 2.45) is 5.10 Å². The summed E-state index contributed by atoms with van der Waals surface area (Å²) in [4.78, 5) is 23.8. The number of nitrogens with zero attached hydrogens (tertiary/aromatic N) is 3. The maximum absolute atomic E-state index is 11.9. The lowest BCUT2D eigenvalue weighted by Crippen LogP contribution is -2.34. The number of para-hydroxylation sites is 1. The van der Waals surface area contributed by atoms with Crippen LogP contribution >= 0.6 is 11.6 Å². The first-order valence-corrected chi connectivity index (χ1v) is 8.89. The summed E-state index contributed by atoms with van der Waals surface area (Å²) < 4.78 is 1.60. The molecule has 28 heavy (non-hydrogen) atoms. The summed E-state index contributed by atoms with van der Waals surface area (Å²) in [7, 11) is 0. The van der Waals surface area contributed by atoms with Gasteiger partial charge < -0.3 is 5.32 Å². The van der Waals surface area contributed by atoms with Crippen LogP contribution in [0.2, 0.25) is 5.15 Å². The Hall–Kier alpha value is -3.45. The van der Waals surface area contributed by atoms with E-state index in [1.165, 1.54) is 6.21 Å². The lowest BCUT2D eigenvalue weighted by molar-refractivity contribution is -0.120. The van der Waals surface area contributed by atoms with Crippen LogP contribution in [0, 0.1) is 6.92 Å². The molecule has 0 aliphatic carbocycles. The summed E-state index contributed by atoms with van der Waals surface area (Å²) >= 11 is 6.39. The van der Waals surface area contributed by atoms with E-state index in [2.05, 4.69) is 20.9 Å². The molecule has 0 spiro atoms. The molecule has 3 aromatic rings. The lowest BCUT2D eigenvalue weighted by atomic mass is 10.2. The molecule has 2 aromatic carbocycles. The molecule has 1 aromatic heterocycles. The van der Waals surface area contributed by atoms with E-state index in [1.54, 1.807) is 35.9 Å². The van der Waals surface area contributed by atoms with Crippen LogP contribution in [0.1, 0.15) is 21.6 Å². The first-order valence-electron chi connectivity index (χ1n) is 8.52. The number of amides is 2. The van der Waals surface area contributed by atoms with Crippen molar-refractivity contribution in [2.45, 2.75) is 6.92 Å². The Morgan fingerprint density at radius 1 is 1.11 bits per heavy atom. The van der Waals surface area contributed by atoms with Gasteiger partial charge in [0.05, 0.1) is 29.7 Å². The monoisotopic (exact) mass is 395 g/mol. The number of benzene rings is 2. The molecule has 3 rings (SSSR count). The van der Waals surface area contributed by atoms with Crippen LogP contribution in [-0.2, 0) is 4.79 Å². The molecule has 0 fully saturated rings. The normalized spacial score (nSPS) is 10.8. The summed E-state index contributed by atoms with van der Waals surface area (Å²) in [6, 6.07) is 18.1. The van der Waals surface area contributed by atoms with Crippen molar-refractivity contribution in [2.75, 3.05) is 6.54 Å². The summed E-state index contributed by atoms with van der Waals surface area (Å²) in [5.41, 5.74) is 4.93. The zero-order chi connectivity index (χ0) is 19.9. The molecule has 1 heterocycles. The van der Waals surface area contributed by atoms with Crippen molar-refractivity contribution in [1.29, 1.82) is 0 Å². The third-order valence-corrected chi connectivity index (χ3v) is 4.24. The number of aromatic nitrogens is 2. The quantitative estimate of drug-likeness (QED) is 0.497. The number of hydrogen-bond acceptors (Lipinski definition) is 4. The fourth-order valence-corrected chi connectivity index (χ4v) is 2.78. The second-order valence-corrected chi connectivity index (χ2v) is 6.24. The van der Waals surface area contributed by atoms with Gasteiger partial charge in [0.15, 0.2) is 0 Å². The van der Waals surface area contributed by atoms with E-state index in [1.807, 2.05) is 36.4 Å². The second-order valence-electron chi connectivity index (χ2n) is 5.88. The van der Waals surface area contributed by atoms with Crippen LogP contribution in [0.3, 0.4) is 0 Å². The van der Waals surface area contributed by atoms with Gasteiger partial charge in [-0.15, -0.1) is 0 Å². The van der Waals surface area contributed by atoms with E-state index in [0.717, 1.165) is 5.69 Å². The number of carbonyl (C=O) groups excluding carboxylic acids is 2. The Morgan fingerprint density at radius 2 is 1.75 bits per heavy atom. The maximum atomic E-state index is 11.9. The van der Waals surface area contributed by atoms with Crippen molar-refractivity contribution >= 4 is 29.6 Å². The van der Waals surface area contributed by atoms with Crippen LogP contribution in [0.4, 0.5) is 0 Å². The number of hydrogen-bond donors (Lipinski definition) is 2. The molecule has 0 bridgehead atoms. The van der Waals surface area contributed by atoms with Crippen molar-refractivity contribution < 1.29 is 9.59 Å². The Balaban J connectivity index is 1.58. The molecule has 0 aliphatic rings. The first-order chi connectivity index (χ1) is 13.6. The zero-order valence-electron chi connectivity index (χ0n) is 15.1. The minimum Gasteiger partial charge on any atom is -0.343 e. The summed E-state index contributed by atoms with van der Waals surface area (Å²) in [6.07, 6.45) is 1.43. The number of hydrazone groups is 1. The highest BCUT2D eigenvalue weighted by Crippen LogP contribution is 2.21. The molecular weight excluding hydrogens is 378 g/mol. The van der Waals surface area contributed by atoms with E-state index < -0.39 is 5.91 Å². The Morgan fingerprint density at radius 3 is 2.43 bits per heavy atom. The van der Waals surface area contributed by atoms with Crippen LogP contribution in [0.5, 0.6) is 0 Å². The van der Waals surface area contributed by atoms with Gasteiger partial charge in [-0.3, -0.25) is 9.59 Å². The van der Waals surface area contributed by atoms with Gasteiger partial charge in [0.25, 0.3) is 11.8 Å². The average molecular weight is 396 g/mol. The highest BCUT2D eigenvalue weighted by molar-refractivity contribution is 6.32. The van der Waals surface area contributed by atoms with Gasteiger partial charge in [-0.2, -0.15) is 10.2 Å². The van der Waals surface area contributed by atoms with Crippen LogP contribution < -0.4 is 10.7 Å². The van der Waals surface area contributed by atoms with Crippen LogP contribution in [-0.4, -0.2) is 34.4 Å². The van der Waals surface area contributed by atoms with Gasteiger partial charge in [0, 0.05) is 5.56 Å². The van der Waals surface area contributed by atoms with E-state index in [4.69, 9.17) is 11.6 Å². The van der Waals surface area contributed by atoms with Crippen molar-refractivity contribution in [1.82, 2.24) is 20.5 Å². The van der Waals surface area contributed by atoms with Gasteiger partial charge in [0.1, 0.15) is 5.15 Å². The minimum absolute atomic E-state index is 0.193. The number of nitrogens with one attached hydrogen (secondary N) is 2. The topological polar surface area (TPSA) is 88.4 Å². The molecule has 0 aliphatic heterocycles. The molecule has 142 valence electrons. The summed E-state index contributed by atoms with van der Waals surface area (Å²) in [5, 5.41) is 11.2. The Bertz CT molecular complexity index is 1000. The molecule has 8 heteroatoms. The molecule has 0 unspecified atom stereocenters. The molecule has 0 atom stereocenters. The third kappa shape index (κ3) is 4.63. The molecule has 0 saturated heterocycles. The predicted molar refractivity (Wildman–Crippen MR) is 108 cm³/mol. The lowest BCUT2D eigenvalue weighted by Gasteiger charge is -2.04. The van der Waals surface area contributed by atoms with Crippen molar-refractivity contribution in [3.05, 3.63) is 82.6 Å². The van der Waals surface area contributed by atoms with E-state index in [0.29, 0.717) is 22.0 Å². The van der Waals surface area contributed by atoms with E-state index >= 15 is 0 Å². The van der Waals surface area contributed by atoms with Crippen LogP contribution in [0.25, 0.3) is 5.69 Å². The number of halogens is 1. The van der Waals surface area contributed by atoms with Crippen molar-refractivity contribution in [3.63, 3.8) is 0 Å². The summed E-state index contributed by atoms with van der Waals surface area (Å²) in [5.74, 6) is -0.785. The molecule has 2 amide bonds. The molecular formula is C20H18ClN5O2. The Labute approximate surface area is 167 Å². The number of carbonyl (C=O) groups is 2. The summed E-state index contributed by atoms with van der Waals surface area (Å²) in [6.45, 7) is 1.61. The average Bonchev–Trinajstić information content (AvgIpc) is 3.01. The highest BCUT2D eigenvalue weighted by Gasteiger charge is 2.13. The van der Waals surface area contributed by atoms with Gasteiger partial charge in [-0.1, -0.05) is 48.0 Å². The fraction of sp³-hybridized carbons (Fsp3) is 0.100. The second kappa shape index (κ2) is 8.96. The largest absolute Gasteiger partial charge is 0.343 e.